The minimum Gasteiger partial charge on any atom is -0.363 e. The van der Waals surface area contributed by atoms with Crippen molar-refractivity contribution >= 4 is 11.8 Å². The molecule has 2 rings (SSSR count). The summed E-state index contributed by atoms with van der Waals surface area (Å²) in [7, 11) is 0. The Morgan fingerprint density at radius 3 is 2.19 bits per heavy atom. The van der Waals surface area contributed by atoms with Crippen LogP contribution in [0.2, 0.25) is 0 Å². The summed E-state index contributed by atoms with van der Waals surface area (Å²) >= 11 is 0. The van der Waals surface area contributed by atoms with Crippen LogP contribution in [0.1, 0.15) is 26.2 Å². The lowest BCUT2D eigenvalue weighted by Gasteiger charge is -2.32. The zero-order valence-electron chi connectivity index (χ0n) is 9.45. The Hall–Kier alpha value is -1.58. The molecule has 4 nitrogen and oxygen atoms in total. The molecule has 1 unspecified atom stereocenters. The standard InChI is InChI=1S/C12H16N2O2/c1-7-4-11(15)14(12(7)16)10-5-8(2)13-9(3)6-10/h7,10,13H,2-6H2,1H3. The van der Waals surface area contributed by atoms with E-state index in [0.717, 1.165) is 11.4 Å². The third-order valence-electron chi connectivity index (χ3n) is 3.09. The Labute approximate surface area is 95.0 Å². The molecule has 0 aliphatic carbocycles. The van der Waals surface area contributed by atoms with Crippen LogP contribution in [0.5, 0.6) is 0 Å². The van der Waals surface area contributed by atoms with Gasteiger partial charge in [0, 0.05) is 36.6 Å². The molecule has 1 atom stereocenters. The van der Waals surface area contributed by atoms with Gasteiger partial charge in [0.05, 0.1) is 6.04 Å². The first kappa shape index (κ1) is 10.9. The van der Waals surface area contributed by atoms with E-state index in [9.17, 15) is 9.59 Å². The van der Waals surface area contributed by atoms with Gasteiger partial charge in [0.2, 0.25) is 11.8 Å². The number of amides is 2. The van der Waals surface area contributed by atoms with Gasteiger partial charge in [-0.1, -0.05) is 20.1 Å². The molecule has 0 aromatic carbocycles. The highest BCUT2D eigenvalue weighted by Crippen LogP contribution is 2.28. The molecule has 4 heteroatoms. The van der Waals surface area contributed by atoms with Crippen molar-refractivity contribution in [2.24, 2.45) is 5.92 Å². The lowest BCUT2D eigenvalue weighted by molar-refractivity contribution is -0.142. The quantitative estimate of drug-likeness (QED) is 0.675. The fourth-order valence-corrected chi connectivity index (χ4v) is 2.37. The molecule has 0 spiro atoms. The van der Waals surface area contributed by atoms with Gasteiger partial charge in [0.1, 0.15) is 0 Å². The molecule has 0 aromatic heterocycles. The molecule has 2 fully saturated rings. The minimum absolute atomic E-state index is 0.0579. The predicted molar refractivity (Wildman–Crippen MR) is 60.1 cm³/mol. The Morgan fingerprint density at radius 1 is 1.19 bits per heavy atom. The highest BCUT2D eigenvalue weighted by atomic mass is 16.2. The number of likely N-dealkylation sites (tertiary alicyclic amines) is 1. The number of hydrogen-bond donors (Lipinski definition) is 1. The van der Waals surface area contributed by atoms with E-state index in [-0.39, 0.29) is 23.8 Å². The van der Waals surface area contributed by atoms with Crippen LogP contribution in [-0.2, 0) is 9.59 Å². The second-order valence-corrected chi connectivity index (χ2v) is 4.60. The van der Waals surface area contributed by atoms with Crippen LogP contribution in [-0.4, -0.2) is 22.8 Å². The van der Waals surface area contributed by atoms with Crippen molar-refractivity contribution in [1.82, 2.24) is 10.2 Å². The molecule has 0 radical (unpaired) electrons. The molecule has 2 heterocycles. The second-order valence-electron chi connectivity index (χ2n) is 4.60. The number of rotatable bonds is 1. The highest BCUT2D eigenvalue weighted by molar-refractivity contribution is 6.03. The number of hydrogen-bond acceptors (Lipinski definition) is 3. The number of carbonyl (C=O) groups is 2. The molecule has 16 heavy (non-hydrogen) atoms. The van der Waals surface area contributed by atoms with Gasteiger partial charge in [-0.25, -0.2) is 0 Å². The summed E-state index contributed by atoms with van der Waals surface area (Å²) in [6.07, 6.45) is 1.59. The number of nitrogens with zero attached hydrogens (tertiary/aromatic N) is 1. The van der Waals surface area contributed by atoms with Crippen molar-refractivity contribution in [1.29, 1.82) is 0 Å². The SMILES string of the molecule is C=C1CC(N2C(=O)CC(C)C2=O)CC(=C)N1. The van der Waals surface area contributed by atoms with Gasteiger partial charge in [-0.3, -0.25) is 14.5 Å². The molecule has 86 valence electrons. The molecule has 0 aromatic rings. The maximum absolute atomic E-state index is 11.9. The fraction of sp³-hybridized carbons (Fsp3) is 0.500. The zero-order valence-corrected chi connectivity index (χ0v) is 9.45. The summed E-state index contributed by atoms with van der Waals surface area (Å²) in [6, 6.07) is -0.0915. The smallest absolute Gasteiger partial charge is 0.232 e. The van der Waals surface area contributed by atoms with Gasteiger partial charge < -0.3 is 5.32 Å². The largest absolute Gasteiger partial charge is 0.363 e. The van der Waals surface area contributed by atoms with Crippen LogP contribution in [0, 0.1) is 5.92 Å². The van der Waals surface area contributed by atoms with E-state index in [4.69, 9.17) is 0 Å². The van der Waals surface area contributed by atoms with Crippen molar-refractivity contribution in [3.8, 4) is 0 Å². The maximum Gasteiger partial charge on any atom is 0.232 e. The molecule has 2 saturated heterocycles. The topological polar surface area (TPSA) is 49.4 Å². The van der Waals surface area contributed by atoms with E-state index in [1.54, 1.807) is 6.92 Å². The molecule has 0 saturated carbocycles. The van der Waals surface area contributed by atoms with Crippen molar-refractivity contribution in [2.75, 3.05) is 0 Å². The van der Waals surface area contributed by atoms with E-state index >= 15 is 0 Å². The third-order valence-corrected chi connectivity index (χ3v) is 3.09. The first-order valence-corrected chi connectivity index (χ1v) is 5.47. The van der Waals surface area contributed by atoms with Gasteiger partial charge in [-0.2, -0.15) is 0 Å². The monoisotopic (exact) mass is 220 g/mol. The van der Waals surface area contributed by atoms with Crippen molar-refractivity contribution in [2.45, 2.75) is 32.2 Å². The van der Waals surface area contributed by atoms with Crippen molar-refractivity contribution in [3.63, 3.8) is 0 Å². The average Bonchev–Trinajstić information content (AvgIpc) is 2.39. The van der Waals surface area contributed by atoms with Gasteiger partial charge in [0.15, 0.2) is 0 Å². The van der Waals surface area contributed by atoms with E-state index in [1.165, 1.54) is 4.90 Å². The molecule has 0 bridgehead atoms. The lowest BCUT2D eigenvalue weighted by Crippen LogP contribution is -2.44. The van der Waals surface area contributed by atoms with Crippen LogP contribution >= 0.6 is 0 Å². The Morgan fingerprint density at radius 2 is 1.75 bits per heavy atom. The van der Waals surface area contributed by atoms with Gasteiger partial charge in [-0.15, -0.1) is 0 Å². The molecular formula is C12H16N2O2. The Bertz CT molecular complexity index is 370. The number of imide groups is 1. The van der Waals surface area contributed by atoms with E-state index < -0.39 is 0 Å². The summed E-state index contributed by atoms with van der Waals surface area (Å²) in [5.74, 6) is -0.300. The molecule has 2 aliphatic rings. The summed E-state index contributed by atoms with van der Waals surface area (Å²) in [5.41, 5.74) is 1.64. The number of nitrogens with one attached hydrogen (secondary N) is 1. The lowest BCUT2D eigenvalue weighted by atomic mass is 10.0. The third kappa shape index (κ3) is 1.75. The van der Waals surface area contributed by atoms with Crippen LogP contribution in [0.15, 0.2) is 24.6 Å². The fourth-order valence-electron chi connectivity index (χ4n) is 2.37. The molecule has 1 N–H and O–H groups in total. The van der Waals surface area contributed by atoms with E-state index in [0.29, 0.717) is 19.3 Å². The Kier molecular flexibility index (Phi) is 2.58. The predicted octanol–water partition coefficient (Wildman–Crippen LogP) is 1.16. The zero-order chi connectivity index (χ0) is 11.9. The summed E-state index contributed by atoms with van der Waals surface area (Å²) < 4.78 is 0. The first-order chi connectivity index (χ1) is 7.49. The minimum atomic E-state index is -0.177. The average molecular weight is 220 g/mol. The molecule has 2 amide bonds. The van der Waals surface area contributed by atoms with Crippen LogP contribution in [0.4, 0.5) is 0 Å². The number of carbonyl (C=O) groups excluding carboxylic acids is 2. The summed E-state index contributed by atoms with van der Waals surface area (Å²) in [5, 5.41) is 3.04. The summed E-state index contributed by atoms with van der Waals surface area (Å²) in [6.45, 7) is 9.46. The summed E-state index contributed by atoms with van der Waals surface area (Å²) in [4.78, 5) is 25.0. The van der Waals surface area contributed by atoms with Crippen LogP contribution < -0.4 is 5.32 Å². The van der Waals surface area contributed by atoms with E-state index in [2.05, 4.69) is 18.5 Å². The highest BCUT2D eigenvalue weighted by Gasteiger charge is 2.41. The van der Waals surface area contributed by atoms with Crippen LogP contribution in [0.3, 0.4) is 0 Å². The van der Waals surface area contributed by atoms with Gasteiger partial charge >= 0.3 is 0 Å². The van der Waals surface area contributed by atoms with Crippen LogP contribution in [0.25, 0.3) is 0 Å². The normalized spacial score (nSPS) is 27.6. The first-order valence-electron chi connectivity index (χ1n) is 5.47. The second kappa shape index (κ2) is 3.77. The van der Waals surface area contributed by atoms with E-state index in [1.807, 2.05) is 0 Å². The van der Waals surface area contributed by atoms with Crippen molar-refractivity contribution in [3.05, 3.63) is 24.6 Å². The molecule has 2 aliphatic heterocycles. The van der Waals surface area contributed by atoms with Gasteiger partial charge in [0.25, 0.3) is 0 Å². The van der Waals surface area contributed by atoms with Gasteiger partial charge in [-0.05, 0) is 0 Å². The van der Waals surface area contributed by atoms with Crippen molar-refractivity contribution < 1.29 is 9.59 Å². The number of piperidine rings is 1. The maximum atomic E-state index is 11.9. The molecular weight excluding hydrogens is 204 g/mol. The Balaban J connectivity index is 2.18.